The number of carbonyl (C=O) groups excluding carboxylic acids is 1. The fourth-order valence-corrected chi connectivity index (χ4v) is 2.64. The average molecular weight is 309 g/mol. The van der Waals surface area contributed by atoms with Gasteiger partial charge in [0.1, 0.15) is 6.04 Å². The first-order chi connectivity index (χ1) is 9.93. The summed E-state index contributed by atoms with van der Waals surface area (Å²) in [6, 6.07) is 7.36. The first-order valence-corrected chi connectivity index (χ1v) is 8.25. The molecule has 116 valence electrons. The number of hydrogen-bond acceptors (Lipinski definition) is 3. The van der Waals surface area contributed by atoms with E-state index in [1.54, 1.807) is 0 Å². The van der Waals surface area contributed by atoms with Crippen molar-refractivity contribution < 1.29 is 14.7 Å². The number of rotatable bonds is 8. The number of hydrogen-bond donors (Lipinski definition) is 2. The number of nitrogens with one attached hydrogen (secondary N) is 1. The van der Waals surface area contributed by atoms with Crippen molar-refractivity contribution in [2.45, 2.75) is 39.0 Å². The molecule has 2 N–H and O–H groups in total. The predicted molar refractivity (Wildman–Crippen MR) is 86.4 cm³/mol. The molecule has 0 aliphatic heterocycles. The van der Waals surface area contributed by atoms with E-state index in [1.807, 2.05) is 45.0 Å². The molecule has 0 spiro atoms. The fourth-order valence-electron chi connectivity index (χ4n) is 1.84. The Morgan fingerprint density at radius 2 is 1.90 bits per heavy atom. The van der Waals surface area contributed by atoms with Crippen molar-refractivity contribution >= 4 is 23.6 Å². The van der Waals surface area contributed by atoms with Crippen molar-refractivity contribution in [1.82, 2.24) is 5.32 Å². The zero-order chi connectivity index (χ0) is 15.8. The highest BCUT2D eigenvalue weighted by molar-refractivity contribution is 7.99. The Kier molecular flexibility index (Phi) is 7.29. The van der Waals surface area contributed by atoms with Crippen LogP contribution in [0, 0.1) is 12.8 Å². The fraction of sp³-hybridized carbons (Fsp3) is 0.500. The summed E-state index contributed by atoms with van der Waals surface area (Å²) in [5.74, 6) is -0.252. The van der Waals surface area contributed by atoms with Gasteiger partial charge in [-0.05, 0) is 18.4 Å². The van der Waals surface area contributed by atoms with Crippen LogP contribution < -0.4 is 5.32 Å². The maximum Gasteiger partial charge on any atom is 0.326 e. The van der Waals surface area contributed by atoms with E-state index in [0.29, 0.717) is 6.42 Å². The molecule has 0 bridgehead atoms. The zero-order valence-electron chi connectivity index (χ0n) is 12.8. The highest BCUT2D eigenvalue weighted by Crippen LogP contribution is 2.13. The standard InChI is InChI=1S/C16H23NO3S/c1-4-12(3)15(16(19)20)17-14(18)10-21-9-13-7-5-11(2)6-8-13/h5-8,12,15H,4,9-10H2,1-3H3,(H,17,18)(H,19,20)/t12-,15-/m0/s1. The van der Waals surface area contributed by atoms with Crippen LogP contribution in [0.3, 0.4) is 0 Å². The highest BCUT2D eigenvalue weighted by atomic mass is 32.2. The summed E-state index contributed by atoms with van der Waals surface area (Å²) in [7, 11) is 0. The third kappa shape index (κ3) is 6.21. The van der Waals surface area contributed by atoms with E-state index in [2.05, 4.69) is 5.32 Å². The molecule has 0 unspecified atom stereocenters. The Morgan fingerprint density at radius 1 is 1.29 bits per heavy atom. The molecule has 21 heavy (non-hydrogen) atoms. The number of carboxylic acid groups (broad SMARTS) is 1. The molecule has 1 amide bonds. The summed E-state index contributed by atoms with van der Waals surface area (Å²) in [4.78, 5) is 23.0. The Labute approximate surface area is 130 Å². The van der Waals surface area contributed by atoms with Gasteiger partial charge in [-0.3, -0.25) is 4.79 Å². The SMILES string of the molecule is CC[C@H](C)[C@H](NC(=O)CSCc1ccc(C)cc1)C(=O)O. The van der Waals surface area contributed by atoms with Crippen LogP contribution in [0.25, 0.3) is 0 Å². The van der Waals surface area contributed by atoms with Crippen LogP contribution in [0.15, 0.2) is 24.3 Å². The number of carbonyl (C=O) groups is 2. The van der Waals surface area contributed by atoms with E-state index >= 15 is 0 Å². The lowest BCUT2D eigenvalue weighted by Crippen LogP contribution is -2.45. The van der Waals surface area contributed by atoms with Gasteiger partial charge in [0, 0.05) is 5.75 Å². The van der Waals surface area contributed by atoms with Gasteiger partial charge in [-0.1, -0.05) is 50.1 Å². The van der Waals surface area contributed by atoms with Gasteiger partial charge < -0.3 is 10.4 Å². The number of carboxylic acids is 1. The maximum absolute atomic E-state index is 11.8. The first-order valence-electron chi connectivity index (χ1n) is 7.09. The van der Waals surface area contributed by atoms with E-state index in [0.717, 1.165) is 11.3 Å². The zero-order valence-corrected chi connectivity index (χ0v) is 13.6. The van der Waals surface area contributed by atoms with Gasteiger partial charge in [-0.2, -0.15) is 0 Å². The Balaban J connectivity index is 2.39. The summed E-state index contributed by atoms with van der Waals surface area (Å²) in [5.41, 5.74) is 2.37. The summed E-state index contributed by atoms with van der Waals surface area (Å²) < 4.78 is 0. The lowest BCUT2D eigenvalue weighted by molar-refractivity contribution is -0.143. The summed E-state index contributed by atoms with van der Waals surface area (Å²) >= 11 is 1.49. The minimum absolute atomic E-state index is 0.0754. The molecule has 0 saturated heterocycles. The number of aryl methyl sites for hydroxylation is 1. The lowest BCUT2D eigenvalue weighted by Gasteiger charge is -2.20. The van der Waals surface area contributed by atoms with Crippen molar-refractivity contribution in [1.29, 1.82) is 0 Å². The number of amides is 1. The average Bonchev–Trinajstić information content (AvgIpc) is 2.45. The van der Waals surface area contributed by atoms with Crippen molar-refractivity contribution in [3.63, 3.8) is 0 Å². The van der Waals surface area contributed by atoms with Gasteiger partial charge in [0.25, 0.3) is 0 Å². The Hall–Kier alpha value is -1.49. The molecule has 5 heteroatoms. The van der Waals surface area contributed by atoms with E-state index in [4.69, 9.17) is 5.11 Å². The van der Waals surface area contributed by atoms with Crippen molar-refractivity contribution in [3.05, 3.63) is 35.4 Å². The van der Waals surface area contributed by atoms with Crippen molar-refractivity contribution in [2.24, 2.45) is 5.92 Å². The second kappa shape index (κ2) is 8.72. The van der Waals surface area contributed by atoms with Gasteiger partial charge in [0.05, 0.1) is 5.75 Å². The minimum atomic E-state index is -0.971. The van der Waals surface area contributed by atoms with Gasteiger partial charge in [-0.15, -0.1) is 11.8 Å². The molecule has 1 rings (SSSR count). The number of thioether (sulfide) groups is 1. The van der Waals surface area contributed by atoms with Gasteiger partial charge in [0.15, 0.2) is 0 Å². The third-order valence-corrected chi connectivity index (χ3v) is 4.42. The molecule has 0 saturated carbocycles. The third-order valence-electron chi connectivity index (χ3n) is 3.42. The topological polar surface area (TPSA) is 66.4 Å². The van der Waals surface area contributed by atoms with Crippen LogP contribution >= 0.6 is 11.8 Å². The van der Waals surface area contributed by atoms with Crippen molar-refractivity contribution in [2.75, 3.05) is 5.75 Å². The van der Waals surface area contributed by atoms with Crippen LogP contribution in [0.5, 0.6) is 0 Å². The second-order valence-corrected chi connectivity index (χ2v) is 6.23. The van der Waals surface area contributed by atoms with Crippen LogP contribution in [-0.4, -0.2) is 28.8 Å². The van der Waals surface area contributed by atoms with Crippen molar-refractivity contribution in [3.8, 4) is 0 Å². The van der Waals surface area contributed by atoms with E-state index in [9.17, 15) is 9.59 Å². The van der Waals surface area contributed by atoms with Gasteiger partial charge in [0.2, 0.25) is 5.91 Å². The smallest absolute Gasteiger partial charge is 0.326 e. The summed E-state index contributed by atoms with van der Waals surface area (Å²) in [6.07, 6.45) is 0.716. The summed E-state index contributed by atoms with van der Waals surface area (Å²) in [6.45, 7) is 5.78. The Morgan fingerprint density at radius 3 is 2.43 bits per heavy atom. The molecule has 0 aliphatic carbocycles. The largest absolute Gasteiger partial charge is 0.480 e. The molecule has 0 radical (unpaired) electrons. The highest BCUT2D eigenvalue weighted by Gasteiger charge is 2.24. The molecule has 0 fully saturated rings. The molecular formula is C16H23NO3S. The molecule has 2 atom stereocenters. The van der Waals surface area contributed by atoms with Gasteiger partial charge in [-0.25, -0.2) is 4.79 Å². The monoisotopic (exact) mass is 309 g/mol. The van der Waals surface area contributed by atoms with Crippen LogP contribution in [0.1, 0.15) is 31.4 Å². The summed E-state index contributed by atoms with van der Waals surface area (Å²) in [5, 5.41) is 11.7. The minimum Gasteiger partial charge on any atom is -0.480 e. The predicted octanol–water partition coefficient (Wildman–Crippen LogP) is 2.84. The lowest BCUT2D eigenvalue weighted by atomic mass is 9.99. The molecule has 0 aromatic heterocycles. The molecule has 0 aliphatic rings. The molecular weight excluding hydrogens is 286 g/mol. The van der Waals surface area contributed by atoms with Crippen LogP contribution in [0.2, 0.25) is 0 Å². The molecule has 1 aromatic rings. The van der Waals surface area contributed by atoms with E-state index in [1.165, 1.54) is 17.3 Å². The number of aliphatic carboxylic acids is 1. The number of benzene rings is 1. The first kappa shape index (κ1) is 17.6. The van der Waals surface area contributed by atoms with Crippen LogP contribution in [0.4, 0.5) is 0 Å². The van der Waals surface area contributed by atoms with Gasteiger partial charge >= 0.3 is 5.97 Å². The second-order valence-electron chi connectivity index (χ2n) is 5.25. The quantitative estimate of drug-likeness (QED) is 0.775. The Bertz CT molecular complexity index is 473. The maximum atomic E-state index is 11.8. The molecule has 1 aromatic carbocycles. The van der Waals surface area contributed by atoms with E-state index in [-0.39, 0.29) is 17.6 Å². The normalized spacial score (nSPS) is 13.5. The molecule has 4 nitrogen and oxygen atoms in total. The molecule has 0 heterocycles. The van der Waals surface area contributed by atoms with Crippen LogP contribution in [-0.2, 0) is 15.3 Å². The van der Waals surface area contributed by atoms with E-state index < -0.39 is 12.0 Å².